The molecule has 0 heterocycles. The minimum Gasteiger partial charge on any atom is -0.475 e. The van der Waals surface area contributed by atoms with Crippen LogP contribution in [0.15, 0.2) is 18.2 Å². The van der Waals surface area contributed by atoms with Gasteiger partial charge in [0.15, 0.2) is 6.10 Å². The molecule has 0 aromatic heterocycles. The number of aliphatic hydroxyl groups is 1. The number of nitrogens with zero attached hydrogens (tertiary/aromatic N) is 1. The number of benzene rings is 1. The van der Waals surface area contributed by atoms with Crippen LogP contribution in [-0.2, 0) is 0 Å². The van der Waals surface area contributed by atoms with E-state index in [1.165, 1.54) is 12.1 Å². The second-order valence-corrected chi connectivity index (χ2v) is 3.25. The average molecular weight is 209 g/mol. The van der Waals surface area contributed by atoms with Crippen LogP contribution in [0, 0.1) is 17.1 Å². The van der Waals surface area contributed by atoms with Crippen LogP contribution < -0.4 is 4.74 Å². The molecule has 0 bridgehead atoms. The quantitative estimate of drug-likeness (QED) is 0.830. The maximum Gasteiger partial charge on any atom is 0.181 e. The zero-order valence-electron chi connectivity index (χ0n) is 8.57. The summed E-state index contributed by atoms with van der Waals surface area (Å²) in [5, 5.41) is 18.0. The van der Waals surface area contributed by atoms with Crippen molar-refractivity contribution in [2.75, 3.05) is 0 Å². The van der Waals surface area contributed by atoms with E-state index in [2.05, 4.69) is 0 Å². The maximum atomic E-state index is 12.9. The predicted octanol–water partition coefficient (Wildman–Crippen LogP) is 2.17. The van der Waals surface area contributed by atoms with Crippen molar-refractivity contribution in [1.29, 1.82) is 5.26 Å². The van der Waals surface area contributed by atoms with Crippen molar-refractivity contribution in [3.05, 3.63) is 29.6 Å². The Morgan fingerprint density at radius 1 is 1.47 bits per heavy atom. The highest BCUT2D eigenvalue weighted by molar-refractivity contribution is 5.35. The lowest BCUT2D eigenvalue weighted by atomic mass is 10.1. The number of rotatable bonds is 3. The standard InChI is InChI=1S/C11H12FNO2/c1-7(6-13)15-11-5-9(12)3-4-10(11)8(2)14/h3-5,7-8,14H,1-2H3/t7?,8-/m0/s1. The van der Waals surface area contributed by atoms with Gasteiger partial charge in [-0.2, -0.15) is 5.26 Å². The third kappa shape index (κ3) is 2.93. The molecule has 0 fully saturated rings. The van der Waals surface area contributed by atoms with E-state index in [0.717, 1.165) is 6.07 Å². The Bertz CT molecular complexity index is 385. The van der Waals surface area contributed by atoms with Gasteiger partial charge in [0.25, 0.3) is 0 Å². The van der Waals surface area contributed by atoms with Crippen LogP contribution in [0.4, 0.5) is 4.39 Å². The van der Waals surface area contributed by atoms with E-state index < -0.39 is 18.0 Å². The van der Waals surface area contributed by atoms with Gasteiger partial charge in [-0.15, -0.1) is 0 Å². The molecule has 4 heteroatoms. The van der Waals surface area contributed by atoms with Crippen LogP contribution >= 0.6 is 0 Å². The highest BCUT2D eigenvalue weighted by Crippen LogP contribution is 2.26. The lowest BCUT2D eigenvalue weighted by molar-refractivity contribution is 0.187. The topological polar surface area (TPSA) is 53.2 Å². The fourth-order valence-corrected chi connectivity index (χ4v) is 1.17. The summed E-state index contributed by atoms with van der Waals surface area (Å²) in [6.07, 6.45) is -1.43. The van der Waals surface area contributed by atoms with Gasteiger partial charge >= 0.3 is 0 Å². The Morgan fingerprint density at radius 3 is 2.67 bits per heavy atom. The van der Waals surface area contributed by atoms with E-state index in [4.69, 9.17) is 10.00 Å². The third-order valence-corrected chi connectivity index (χ3v) is 1.91. The molecule has 15 heavy (non-hydrogen) atoms. The van der Waals surface area contributed by atoms with Crippen LogP contribution in [0.25, 0.3) is 0 Å². The molecule has 3 nitrogen and oxygen atoms in total. The summed E-state index contributed by atoms with van der Waals surface area (Å²) in [7, 11) is 0. The number of aliphatic hydroxyl groups excluding tert-OH is 1. The molecule has 0 radical (unpaired) electrons. The summed E-state index contributed by atoms with van der Waals surface area (Å²) >= 11 is 0. The van der Waals surface area contributed by atoms with Gasteiger partial charge in [-0.1, -0.05) is 0 Å². The van der Waals surface area contributed by atoms with Crippen LogP contribution in [-0.4, -0.2) is 11.2 Å². The first-order chi connectivity index (χ1) is 7.04. The Kier molecular flexibility index (Phi) is 3.64. The number of hydrogen-bond acceptors (Lipinski definition) is 3. The maximum absolute atomic E-state index is 12.9. The van der Waals surface area contributed by atoms with Gasteiger partial charge in [-0.05, 0) is 26.0 Å². The molecule has 1 N–H and O–H groups in total. The largest absolute Gasteiger partial charge is 0.475 e. The van der Waals surface area contributed by atoms with E-state index in [9.17, 15) is 9.50 Å². The van der Waals surface area contributed by atoms with E-state index in [-0.39, 0.29) is 5.75 Å². The summed E-state index contributed by atoms with van der Waals surface area (Å²) in [5.41, 5.74) is 0.471. The smallest absolute Gasteiger partial charge is 0.181 e. The van der Waals surface area contributed by atoms with Gasteiger partial charge in [0.05, 0.1) is 6.10 Å². The van der Waals surface area contributed by atoms with Crippen molar-refractivity contribution in [3.63, 3.8) is 0 Å². The highest BCUT2D eigenvalue weighted by Gasteiger charge is 2.12. The molecule has 0 aliphatic carbocycles. The molecule has 0 aliphatic heterocycles. The van der Waals surface area contributed by atoms with Crippen LogP contribution in [0.5, 0.6) is 5.75 Å². The summed E-state index contributed by atoms with van der Waals surface area (Å²) in [5.74, 6) is -0.251. The van der Waals surface area contributed by atoms with Crippen molar-refractivity contribution in [2.45, 2.75) is 26.1 Å². The SMILES string of the molecule is CC(C#N)Oc1cc(F)ccc1[C@H](C)O. The van der Waals surface area contributed by atoms with Crippen molar-refractivity contribution < 1.29 is 14.2 Å². The molecule has 0 aliphatic rings. The van der Waals surface area contributed by atoms with E-state index >= 15 is 0 Å². The van der Waals surface area contributed by atoms with Gasteiger partial charge in [-0.3, -0.25) is 0 Å². The first kappa shape index (κ1) is 11.5. The third-order valence-electron chi connectivity index (χ3n) is 1.91. The average Bonchev–Trinajstić information content (AvgIpc) is 2.17. The molecule has 1 rings (SSSR count). The number of hydrogen-bond donors (Lipinski definition) is 1. The minimum absolute atomic E-state index is 0.207. The van der Waals surface area contributed by atoms with Gasteiger partial charge in [0.2, 0.25) is 0 Å². The lowest BCUT2D eigenvalue weighted by Crippen LogP contribution is -2.10. The Labute approximate surface area is 87.7 Å². The molecule has 0 spiro atoms. The monoisotopic (exact) mass is 209 g/mol. The summed E-state index contributed by atoms with van der Waals surface area (Å²) < 4.78 is 18.1. The second-order valence-electron chi connectivity index (χ2n) is 3.25. The van der Waals surface area contributed by atoms with Crippen LogP contribution in [0.3, 0.4) is 0 Å². The Morgan fingerprint density at radius 2 is 2.13 bits per heavy atom. The van der Waals surface area contributed by atoms with Gasteiger partial charge in [-0.25, -0.2) is 4.39 Å². The van der Waals surface area contributed by atoms with Crippen LogP contribution in [0.1, 0.15) is 25.5 Å². The zero-order chi connectivity index (χ0) is 11.4. The van der Waals surface area contributed by atoms with Crippen molar-refractivity contribution in [1.82, 2.24) is 0 Å². The molecule has 0 saturated heterocycles. The van der Waals surface area contributed by atoms with Crippen molar-refractivity contribution >= 4 is 0 Å². The molecule has 80 valence electrons. The fourth-order valence-electron chi connectivity index (χ4n) is 1.17. The summed E-state index contributed by atoms with van der Waals surface area (Å²) in [6.45, 7) is 3.11. The molecule has 1 unspecified atom stereocenters. The molecule has 1 aromatic carbocycles. The molecule has 0 amide bonds. The Balaban J connectivity index is 3.03. The van der Waals surface area contributed by atoms with Crippen molar-refractivity contribution in [2.24, 2.45) is 0 Å². The Hall–Kier alpha value is -1.60. The first-order valence-electron chi connectivity index (χ1n) is 4.58. The number of ether oxygens (including phenoxy) is 1. The predicted molar refractivity (Wildman–Crippen MR) is 52.7 cm³/mol. The normalized spacial score (nSPS) is 14.1. The molecule has 1 aromatic rings. The van der Waals surface area contributed by atoms with Gasteiger partial charge < -0.3 is 9.84 Å². The van der Waals surface area contributed by atoms with Crippen molar-refractivity contribution in [3.8, 4) is 11.8 Å². The summed E-state index contributed by atoms with van der Waals surface area (Å²) in [6, 6.07) is 5.72. The van der Waals surface area contributed by atoms with E-state index in [0.29, 0.717) is 5.56 Å². The van der Waals surface area contributed by atoms with E-state index in [1.54, 1.807) is 13.8 Å². The molecular weight excluding hydrogens is 197 g/mol. The molecular formula is C11H12FNO2. The molecule has 0 saturated carbocycles. The highest BCUT2D eigenvalue weighted by atomic mass is 19.1. The zero-order valence-corrected chi connectivity index (χ0v) is 8.57. The second kappa shape index (κ2) is 4.76. The lowest BCUT2D eigenvalue weighted by Gasteiger charge is -2.14. The molecule has 2 atom stereocenters. The number of nitriles is 1. The summed E-state index contributed by atoms with van der Waals surface area (Å²) in [4.78, 5) is 0. The number of halogens is 1. The van der Waals surface area contributed by atoms with Crippen LogP contribution in [0.2, 0.25) is 0 Å². The minimum atomic E-state index is -0.758. The first-order valence-corrected chi connectivity index (χ1v) is 4.58. The van der Waals surface area contributed by atoms with Gasteiger partial charge in [0.1, 0.15) is 17.6 Å². The fraction of sp³-hybridized carbons (Fsp3) is 0.364. The van der Waals surface area contributed by atoms with E-state index in [1.807, 2.05) is 6.07 Å². The van der Waals surface area contributed by atoms with Gasteiger partial charge in [0, 0.05) is 11.6 Å².